The Balaban J connectivity index is 1.73. The molecule has 6 nitrogen and oxygen atoms in total. The molecule has 122 valence electrons. The maximum absolute atomic E-state index is 12.5. The number of hydrogen-bond acceptors (Lipinski definition) is 4. The summed E-state index contributed by atoms with van der Waals surface area (Å²) in [5.74, 6) is 1.21. The second-order valence-corrected chi connectivity index (χ2v) is 5.96. The highest BCUT2D eigenvalue weighted by molar-refractivity contribution is 5.96. The van der Waals surface area contributed by atoms with Crippen molar-refractivity contribution in [3.63, 3.8) is 0 Å². The fourth-order valence-corrected chi connectivity index (χ4v) is 2.87. The van der Waals surface area contributed by atoms with E-state index in [-0.39, 0.29) is 24.5 Å². The Kier molecular flexibility index (Phi) is 4.23. The molecule has 0 saturated carbocycles. The molecular formula is C17H20N2O4. The lowest BCUT2D eigenvalue weighted by Crippen LogP contribution is -2.58. The first kappa shape index (κ1) is 15.4. The van der Waals surface area contributed by atoms with Crippen LogP contribution in [0.4, 0.5) is 0 Å². The van der Waals surface area contributed by atoms with Gasteiger partial charge in [0.1, 0.15) is 6.04 Å². The lowest BCUT2D eigenvalue weighted by Gasteiger charge is -2.36. The lowest BCUT2D eigenvalue weighted by molar-refractivity contribution is -0.141. The van der Waals surface area contributed by atoms with Crippen LogP contribution in [0.2, 0.25) is 0 Å². The second kappa shape index (κ2) is 6.32. The molecule has 1 fully saturated rings. The summed E-state index contributed by atoms with van der Waals surface area (Å²) >= 11 is 0. The Morgan fingerprint density at radius 2 is 2.13 bits per heavy atom. The van der Waals surface area contributed by atoms with Gasteiger partial charge in [0, 0.05) is 19.2 Å². The molecule has 2 aliphatic rings. The van der Waals surface area contributed by atoms with E-state index in [0.29, 0.717) is 24.6 Å². The largest absolute Gasteiger partial charge is 0.454 e. The van der Waals surface area contributed by atoms with Crippen molar-refractivity contribution in [2.24, 2.45) is 5.92 Å². The molecular weight excluding hydrogens is 296 g/mol. The molecule has 0 spiro atoms. The number of fused-ring (bicyclic) bond motifs is 1. The molecule has 23 heavy (non-hydrogen) atoms. The van der Waals surface area contributed by atoms with Crippen LogP contribution < -0.4 is 14.8 Å². The normalized spacial score (nSPS) is 20.2. The smallest absolute Gasteiger partial charge is 0.247 e. The number of rotatable bonds is 3. The van der Waals surface area contributed by atoms with Gasteiger partial charge in [0.2, 0.25) is 18.6 Å². The van der Waals surface area contributed by atoms with Crippen molar-refractivity contribution in [2.75, 3.05) is 19.9 Å². The summed E-state index contributed by atoms with van der Waals surface area (Å²) in [4.78, 5) is 26.1. The molecule has 1 aromatic rings. The van der Waals surface area contributed by atoms with Gasteiger partial charge in [0.05, 0.1) is 0 Å². The monoisotopic (exact) mass is 316 g/mol. The zero-order chi connectivity index (χ0) is 16.4. The third-order valence-corrected chi connectivity index (χ3v) is 3.99. The summed E-state index contributed by atoms with van der Waals surface area (Å²) in [6.07, 6.45) is 3.24. The zero-order valence-corrected chi connectivity index (χ0v) is 13.2. The van der Waals surface area contributed by atoms with E-state index >= 15 is 0 Å². The van der Waals surface area contributed by atoms with Gasteiger partial charge in [0.25, 0.3) is 0 Å². The number of amides is 2. The summed E-state index contributed by atoms with van der Waals surface area (Å²) in [5, 5.41) is 2.81. The van der Waals surface area contributed by atoms with Crippen molar-refractivity contribution in [3.05, 3.63) is 29.8 Å². The molecule has 0 radical (unpaired) electrons. The fraction of sp³-hybridized carbons (Fsp3) is 0.412. The first-order valence-corrected chi connectivity index (χ1v) is 7.72. The SMILES string of the molecule is CC(C)[C@H]1C(=O)NCCN1C(=O)/C=C\c1ccc2c(c1)OCO2. The molecule has 1 N–H and O–H groups in total. The first-order chi connectivity index (χ1) is 11.1. The Hall–Kier alpha value is -2.50. The van der Waals surface area contributed by atoms with Gasteiger partial charge in [0.15, 0.2) is 11.5 Å². The van der Waals surface area contributed by atoms with Gasteiger partial charge in [-0.1, -0.05) is 19.9 Å². The van der Waals surface area contributed by atoms with Gasteiger partial charge in [-0.3, -0.25) is 9.59 Å². The van der Waals surface area contributed by atoms with Crippen molar-refractivity contribution in [1.82, 2.24) is 10.2 Å². The summed E-state index contributed by atoms with van der Waals surface area (Å²) in [7, 11) is 0. The highest BCUT2D eigenvalue weighted by Gasteiger charge is 2.34. The standard InChI is InChI=1S/C17H20N2O4/c1-11(2)16-17(21)18-7-8-19(16)15(20)6-4-12-3-5-13-14(9-12)23-10-22-13/h3-6,9,11,16H,7-8,10H2,1-2H3,(H,18,21)/b6-4-/t16-/m0/s1. The summed E-state index contributed by atoms with van der Waals surface area (Å²) < 4.78 is 10.6. The summed E-state index contributed by atoms with van der Waals surface area (Å²) in [6.45, 7) is 5.12. The van der Waals surface area contributed by atoms with E-state index in [0.717, 1.165) is 5.56 Å². The van der Waals surface area contributed by atoms with E-state index in [2.05, 4.69) is 5.32 Å². The number of carbonyl (C=O) groups excluding carboxylic acids is 2. The minimum atomic E-state index is -0.419. The average Bonchev–Trinajstić information content (AvgIpc) is 2.99. The molecule has 6 heteroatoms. The van der Waals surface area contributed by atoms with Crippen LogP contribution in [-0.4, -0.2) is 42.6 Å². The van der Waals surface area contributed by atoms with Crippen LogP contribution in [0.25, 0.3) is 6.08 Å². The highest BCUT2D eigenvalue weighted by atomic mass is 16.7. The van der Waals surface area contributed by atoms with Crippen LogP contribution in [0.1, 0.15) is 19.4 Å². The van der Waals surface area contributed by atoms with Crippen LogP contribution in [0.15, 0.2) is 24.3 Å². The molecule has 2 aliphatic heterocycles. The van der Waals surface area contributed by atoms with Crippen LogP contribution >= 0.6 is 0 Å². The maximum atomic E-state index is 12.5. The Morgan fingerprint density at radius 3 is 2.91 bits per heavy atom. The van der Waals surface area contributed by atoms with E-state index in [1.165, 1.54) is 6.08 Å². The van der Waals surface area contributed by atoms with E-state index in [1.807, 2.05) is 32.0 Å². The van der Waals surface area contributed by atoms with Crippen LogP contribution in [0.5, 0.6) is 11.5 Å². The van der Waals surface area contributed by atoms with Gasteiger partial charge in [-0.2, -0.15) is 0 Å². The minimum Gasteiger partial charge on any atom is -0.454 e. The topological polar surface area (TPSA) is 67.9 Å². The quantitative estimate of drug-likeness (QED) is 0.856. The Morgan fingerprint density at radius 1 is 1.35 bits per heavy atom. The number of ether oxygens (including phenoxy) is 2. The van der Waals surface area contributed by atoms with Crippen LogP contribution in [-0.2, 0) is 9.59 Å². The molecule has 1 saturated heterocycles. The van der Waals surface area contributed by atoms with Gasteiger partial charge >= 0.3 is 0 Å². The molecule has 0 aromatic heterocycles. The van der Waals surface area contributed by atoms with Crippen molar-refractivity contribution in [2.45, 2.75) is 19.9 Å². The molecule has 2 heterocycles. The average molecular weight is 316 g/mol. The number of nitrogens with one attached hydrogen (secondary N) is 1. The molecule has 1 aromatic carbocycles. The van der Waals surface area contributed by atoms with Crippen molar-refractivity contribution < 1.29 is 19.1 Å². The highest BCUT2D eigenvalue weighted by Crippen LogP contribution is 2.32. The number of carbonyl (C=O) groups is 2. The molecule has 1 atom stereocenters. The van der Waals surface area contributed by atoms with E-state index in [4.69, 9.17) is 9.47 Å². The van der Waals surface area contributed by atoms with Gasteiger partial charge in [-0.15, -0.1) is 0 Å². The number of benzene rings is 1. The second-order valence-electron chi connectivity index (χ2n) is 5.96. The van der Waals surface area contributed by atoms with E-state index in [1.54, 1.807) is 11.0 Å². The maximum Gasteiger partial charge on any atom is 0.247 e. The summed E-state index contributed by atoms with van der Waals surface area (Å²) in [5.41, 5.74) is 0.852. The molecule has 0 aliphatic carbocycles. The molecule has 3 rings (SSSR count). The fourth-order valence-electron chi connectivity index (χ4n) is 2.87. The lowest BCUT2D eigenvalue weighted by atomic mass is 9.99. The molecule has 0 unspecified atom stereocenters. The van der Waals surface area contributed by atoms with Gasteiger partial charge in [-0.25, -0.2) is 0 Å². The Labute approximate surface area is 135 Å². The molecule has 0 bridgehead atoms. The van der Waals surface area contributed by atoms with Crippen LogP contribution in [0.3, 0.4) is 0 Å². The van der Waals surface area contributed by atoms with Crippen molar-refractivity contribution in [3.8, 4) is 11.5 Å². The third-order valence-electron chi connectivity index (χ3n) is 3.99. The minimum absolute atomic E-state index is 0.0678. The number of piperazine rings is 1. The number of hydrogen-bond donors (Lipinski definition) is 1. The van der Waals surface area contributed by atoms with Gasteiger partial charge in [-0.05, 0) is 29.7 Å². The first-order valence-electron chi connectivity index (χ1n) is 7.72. The van der Waals surface area contributed by atoms with Crippen LogP contribution in [0, 0.1) is 5.92 Å². The molecule has 2 amide bonds. The number of nitrogens with zero attached hydrogens (tertiary/aromatic N) is 1. The predicted molar refractivity (Wildman–Crippen MR) is 84.9 cm³/mol. The Bertz CT molecular complexity index is 654. The third kappa shape index (κ3) is 3.16. The zero-order valence-electron chi connectivity index (χ0n) is 13.2. The van der Waals surface area contributed by atoms with Crippen molar-refractivity contribution >= 4 is 17.9 Å². The summed E-state index contributed by atoms with van der Waals surface area (Å²) in [6, 6.07) is 5.09. The van der Waals surface area contributed by atoms with Crippen molar-refractivity contribution in [1.29, 1.82) is 0 Å². The predicted octanol–water partition coefficient (Wildman–Crippen LogP) is 1.41. The van der Waals surface area contributed by atoms with E-state index < -0.39 is 6.04 Å². The van der Waals surface area contributed by atoms with E-state index in [9.17, 15) is 9.59 Å². The van der Waals surface area contributed by atoms with Gasteiger partial charge < -0.3 is 19.7 Å².